The topological polar surface area (TPSA) is 62.3 Å². The van der Waals surface area contributed by atoms with Gasteiger partial charge in [-0.3, -0.25) is 19.5 Å². The van der Waals surface area contributed by atoms with Crippen LogP contribution in [0.25, 0.3) is 0 Å². The van der Waals surface area contributed by atoms with E-state index in [9.17, 15) is 18.4 Å². The van der Waals surface area contributed by atoms with E-state index in [0.29, 0.717) is 29.4 Å². The maximum absolute atomic E-state index is 13.5. The summed E-state index contributed by atoms with van der Waals surface area (Å²) in [6, 6.07) is 6.55. The molecule has 2 heterocycles. The number of amides is 1. The predicted molar refractivity (Wildman–Crippen MR) is 127 cm³/mol. The van der Waals surface area contributed by atoms with Crippen molar-refractivity contribution in [3.8, 4) is 0 Å². The Hall–Kier alpha value is -2.19. The lowest BCUT2D eigenvalue weighted by Crippen LogP contribution is -2.40. The smallest absolute Gasteiger partial charge is 0.270 e. The van der Waals surface area contributed by atoms with Gasteiger partial charge in [0.25, 0.3) is 5.92 Å². The van der Waals surface area contributed by atoms with Gasteiger partial charge < -0.3 is 5.32 Å². The molecule has 1 aromatic carbocycles. The molecule has 0 bridgehead atoms. The van der Waals surface area contributed by atoms with E-state index in [2.05, 4.69) is 15.2 Å². The minimum absolute atomic E-state index is 0.0136. The van der Waals surface area contributed by atoms with Gasteiger partial charge in [-0.2, -0.15) is 0 Å². The molecule has 8 heteroatoms. The second-order valence-electron chi connectivity index (χ2n) is 10.2. The molecule has 1 aromatic heterocycles. The molecule has 2 saturated carbocycles. The summed E-state index contributed by atoms with van der Waals surface area (Å²) in [5.41, 5.74) is 2.36. The summed E-state index contributed by atoms with van der Waals surface area (Å²) in [7, 11) is 0. The van der Waals surface area contributed by atoms with Gasteiger partial charge in [-0.15, -0.1) is 11.3 Å². The van der Waals surface area contributed by atoms with E-state index in [-0.39, 0.29) is 36.1 Å². The number of hydrogen-bond acceptors (Lipinski definition) is 5. The molecule has 34 heavy (non-hydrogen) atoms. The van der Waals surface area contributed by atoms with Crippen LogP contribution in [0.3, 0.4) is 0 Å². The summed E-state index contributed by atoms with van der Waals surface area (Å²) in [5.74, 6) is -1.68. The van der Waals surface area contributed by atoms with Crippen molar-refractivity contribution in [1.29, 1.82) is 0 Å². The van der Waals surface area contributed by atoms with E-state index >= 15 is 0 Å². The highest BCUT2D eigenvalue weighted by Gasteiger charge is 2.60. The first-order valence-corrected chi connectivity index (χ1v) is 13.1. The van der Waals surface area contributed by atoms with E-state index in [0.717, 1.165) is 20.0 Å². The minimum Gasteiger partial charge on any atom is -0.349 e. The van der Waals surface area contributed by atoms with Gasteiger partial charge in [-0.05, 0) is 55.1 Å². The zero-order chi connectivity index (χ0) is 23.9. The van der Waals surface area contributed by atoms with Crippen molar-refractivity contribution in [3.63, 3.8) is 0 Å². The van der Waals surface area contributed by atoms with Crippen LogP contribution in [0.2, 0.25) is 0 Å². The van der Waals surface area contributed by atoms with Crippen LogP contribution in [0.4, 0.5) is 8.78 Å². The first-order chi connectivity index (χ1) is 16.3. The van der Waals surface area contributed by atoms with Gasteiger partial charge in [0.2, 0.25) is 5.91 Å². The number of fused-ring (bicyclic) bond motifs is 1. The lowest BCUT2D eigenvalue weighted by molar-refractivity contribution is -0.126. The maximum Gasteiger partial charge on any atom is 0.270 e. The quantitative estimate of drug-likeness (QED) is 0.600. The Balaban J connectivity index is 1.03. The second kappa shape index (κ2) is 9.46. The third kappa shape index (κ3) is 5.08. The van der Waals surface area contributed by atoms with Crippen molar-refractivity contribution >= 4 is 23.0 Å². The number of alkyl halides is 2. The molecule has 5 nitrogen and oxygen atoms in total. The van der Waals surface area contributed by atoms with Crippen LogP contribution < -0.4 is 5.32 Å². The Morgan fingerprint density at radius 3 is 2.56 bits per heavy atom. The molecule has 0 spiro atoms. The van der Waals surface area contributed by atoms with E-state index in [1.54, 1.807) is 17.4 Å². The molecule has 3 aliphatic rings. The SMILES string of the molecule is CC(F)(F)c1cccc(CC(=O)CNC(=O)C2[C@H]3CN(C4CCC(c5cncs5)CC4)C[C@@H]23)c1. The summed E-state index contributed by atoms with van der Waals surface area (Å²) >= 11 is 1.76. The highest BCUT2D eigenvalue weighted by atomic mass is 32.1. The third-order valence-electron chi connectivity index (χ3n) is 7.89. The molecule has 2 aliphatic carbocycles. The van der Waals surface area contributed by atoms with E-state index in [4.69, 9.17) is 0 Å². The van der Waals surface area contributed by atoms with Gasteiger partial charge in [-0.1, -0.05) is 18.2 Å². The fraction of sp³-hybridized carbons (Fsp3) is 0.577. The molecule has 1 N–H and O–H groups in total. The molecular weight excluding hydrogens is 456 g/mol. The highest BCUT2D eigenvalue weighted by Crippen LogP contribution is 2.53. The number of likely N-dealkylation sites (tertiary alicyclic amines) is 1. The van der Waals surface area contributed by atoms with Crippen LogP contribution in [0.1, 0.15) is 54.5 Å². The van der Waals surface area contributed by atoms with Crippen LogP contribution in [0, 0.1) is 17.8 Å². The Morgan fingerprint density at radius 1 is 1.18 bits per heavy atom. The number of aromatic nitrogens is 1. The van der Waals surface area contributed by atoms with Crippen molar-refractivity contribution in [3.05, 3.63) is 52.0 Å². The summed E-state index contributed by atoms with van der Waals surface area (Å²) in [4.78, 5) is 33.2. The average Bonchev–Trinajstić information content (AvgIpc) is 3.17. The van der Waals surface area contributed by atoms with Gasteiger partial charge in [0.15, 0.2) is 5.78 Å². The lowest BCUT2D eigenvalue weighted by atomic mass is 9.84. The van der Waals surface area contributed by atoms with Crippen molar-refractivity contribution in [1.82, 2.24) is 15.2 Å². The number of carbonyl (C=O) groups excluding carboxylic acids is 2. The maximum atomic E-state index is 13.5. The molecule has 5 rings (SSSR count). The average molecular weight is 488 g/mol. The van der Waals surface area contributed by atoms with E-state index in [1.807, 2.05) is 11.7 Å². The molecule has 1 saturated heterocycles. The normalized spacial score (nSPS) is 29.0. The summed E-state index contributed by atoms with van der Waals surface area (Å²) in [6.45, 7) is 2.75. The fourth-order valence-corrected chi connectivity index (χ4v) is 6.74. The molecule has 3 fully saturated rings. The predicted octanol–water partition coefficient (Wildman–Crippen LogP) is 4.39. The van der Waals surface area contributed by atoms with Crippen LogP contribution in [-0.2, 0) is 21.9 Å². The van der Waals surface area contributed by atoms with Gasteiger partial charge >= 0.3 is 0 Å². The zero-order valence-corrected chi connectivity index (χ0v) is 20.2. The monoisotopic (exact) mass is 487 g/mol. The van der Waals surface area contributed by atoms with Crippen molar-refractivity contribution < 1.29 is 18.4 Å². The number of thiazole rings is 1. The number of carbonyl (C=O) groups is 2. The molecule has 1 amide bonds. The molecule has 182 valence electrons. The zero-order valence-electron chi connectivity index (χ0n) is 19.4. The number of nitrogens with zero attached hydrogens (tertiary/aromatic N) is 2. The summed E-state index contributed by atoms with van der Waals surface area (Å²) in [6.07, 6.45) is 6.89. The standard InChI is InChI=1S/C26H31F2N3O2S/c1-26(27,28)18-4-2-3-16(9-18)10-20(32)11-30-25(33)24-21-13-31(14-22(21)24)19-7-5-17(6-8-19)23-12-29-15-34-23/h2-4,9,12,15,17,19,21-22,24H,5-8,10-11,13-14H2,1H3,(H,30,33)/t17?,19?,21-,22+,24?. The molecule has 3 atom stereocenters. The Labute approximate surface area is 202 Å². The highest BCUT2D eigenvalue weighted by molar-refractivity contribution is 7.09. The number of halogens is 2. The number of hydrogen-bond donors (Lipinski definition) is 1. The van der Waals surface area contributed by atoms with Gasteiger partial charge in [-0.25, -0.2) is 8.78 Å². The van der Waals surface area contributed by atoms with Crippen LogP contribution >= 0.6 is 11.3 Å². The molecule has 0 radical (unpaired) electrons. The van der Waals surface area contributed by atoms with E-state index in [1.165, 1.54) is 48.8 Å². The number of Topliss-reactive ketones (excluding diaryl/α,β-unsaturated/α-hetero) is 1. The molecular formula is C26H31F2N3O2S. The Kier molecular flexibility index (Phi) is 6.55. The fourth-order valence-electron chi connectivity index (χ4n) is 5.95. The minimum atomic E-state index is -2.94. The summed E-state index contributed by atoms with van der Waals surface area (Å²) in [5, 5.41) is 2.79. The molecule has 1 unspecified atom stereocenters. The third-order valence-corrected chi connectivity index (χ3v) is 8.82. The Bertz CT molecular complexity index is 1020. The largest absolute Gasteiger partial charge is 0.349 e. The van der Waals surface area contributed by atoms with Crippen LogP contribution in [-0.4, -0.2) is 47.3 Å². The van der Waals surface area contributed by atoms with Crippen molar-refractivity contribution in [2.24, 2.45) is 17.8 Å². The van der Waals surface area contributed by atoms with Crippen molar-refractivity contribution in [2.75, 3.05) is 19.6 Å². The first-order valence-electron chi connectivity index (χ1n) is 12.2. The summed E-state index contributed by atoms with van der Waals surface area (Å²) < 4.78 is 27.0. The number of rotatable bonds is 8. The number of nitrogens with one attached hydrogen (secondary N) is 1. The van der Waals surface area contributed by atoms with Crippen molar-refractivity contribution in [2.45, 2.75) is 56.9 Å². The van der Waals surface area contributed by atoms with Crippen LogP contribution in [0.15, 0.2) is 36.0 Å². The molecule has 1 aliphatic heterocycles. The van der Waals surface area contributed by atoms with E-state index < -0.39 is 5.92 Å². The number of ketones is 1. The second-order valence-corrected chi connectivity index (χ2v) is 11.2. The van der Waals surface area contributed by atoms with Crippen LogP contribution in [0.5, 0.6) is 0 Å². The number of piperidine rings is 1. The molecule has 2 aromatic rings. The number of benzene rings is 1. The lowest BCUT2D eigenvalue weighted by Gasteiger charge is -2.35. The van der Waals surface area contributed by atoms with Gasteiger partial charge in [0.1, 0.15) is 0 Å². The van der Waals surface area contributed by atoms with Gasteiger partial charge in [0, 0.05) is 55.0 Å². The first kappa shape index (κ1) is 23.5. The Morgan fingerprint density at radius 2 is 1.91 bits per heavy atom. The van der Waals surface area contributed by atoms with Gasteiger partial charge in [0.05, 0.1) is 12.1 Å².